The molecule has 33 heavy (non-hydrogen) atoms. The van der Waals surface area contributed by atoms with E-state index in [0.29, 0.717) is 12.2 Å². The Bertz CT molecular complexity index is 1540. The summed E-state index contributed by atoms with van der Waals surface area (Å²) in [5.74, 6) is -2.56. The van der Waals surface area contributed by atoms with Crippen molar-refractivity contribution in [3.05, 3.63) is 81.0 Å². The van der Waals surface area contributed by atoms with Gasteiger partial charge in [-0.3, -0.25) is 9.79 Å². The molecule has 4 aromatic rings. The Morgan fingerprint density at radius 1 is 1.24 bits per heavy atom. The first-order valence-corrected chi connectivity index (χ1v) is 10.0. The van der Waals surface area contributed by atoms with Crippen LogP contribution in [0.5, 0.6) is 0 Å². The number of aryl methyl sites for hydroxylation is 1. The summed E-state index contributed by atoms with van der Waals surface area (Å²) in [5, 5.41) is 13.0. The number of aromatic amines is 1. The predicted molar refractivity (Wildman–Crippen MR) is 119 cm³/mol. The van der Waals surface area contributed by atoms with E-state index in [1.807, 2.05) is 0 Å². The molecule has 0 saturated carbocycles. The van der Waals surface area contributed by atoms with Gasteiger partial charge in [0.05, 0.1) is 41.7 Å². The highest BCUT2D eigenvalue weighted by molar-refractivity contribution is 6.06. The number of hydrogen-bond acceptors (Lipinski definition) is 5. The topological polar surface area (TPSA) is 112 Å². The van der Waals surface area contributed by atoms with Gasteiger partial charge in [0.25, 0.3) is 5.56 Å². The average Bonchev–Trinajstić information content (AvgIpc) is 3.08. The number of hydrogen-bond donors (Lipinski definition) is 3. The molecule has 0 spiro atoms. The van der Waals surface area contributed by atoms with Gasteiger partial charge in [-0.05, 0) is 36.8 Å². The van der Waals surface area contributed by atoms with Gasteiger partial charge < -0.3 is 20.0 Å². The molecule has 3 aromatic heterocycles. The molecule has 4 heterocycles. The Labute approximate surface area is 185 Å². The average molecular weight is 449 g/mol. The zero-order valence-corrected chi connectivity index (χ0v) is 17.3. The third kappa shape index (κ3) is 3.36. The molecule has 10 heteroatoms. The summed E-state index contributed by atoms with van der Waals surface area (Å²) in [7, 11) is 0. The van der Waals surface area contributed by atoms with Gasteiger partial charge in [-0.2, -0.15) is 0 Å². The molecule has 0 fully saturated rings. The zero-order valence-electron chi connectivity index (χ0n) is 17.3. The highest BCUT2D eigenvalue weighted by Gasteiger charge is 2.28. The fourth-order valence-electron chi connectivity index (χ4n) is 4.07. The van der Waals surface area contributed by atoms with Crippen LogP contribution in [0.3, 0.4) is 0 Å². The molecule has 0 atom stereocenters. The van der Waals surface area contributed by atoms with Crippen LogP contribution in [0, 0.1) is 18.6 Å². The minimum absolute atomic E-state index is 0.0482. The number of aromatic nitrogens is 3. The van der Waals surface area contributed by atoms with Crippen LogP contribution in [0.4, 0.5) is 14.5 Å². The van der Waals surface area contributed by atoms with Crippen molar-refractivity contribution in [1.29, 1.82) is 0 Å². The molecule has 5 rings (SSSR count). The molecule has 0 aliphatic carbocycles. The molecule has 8 nitrogen and oxygen atoms in total. The van der Waals surface area contributed by atoms with Crippen molar-refractivity contribution in [1.82, 2.24) is 14.5 Å². The highest BCUT2D eigenvalue weighted by atomic mass is 19.1. The Kier molecular flexibility index (Phi) is 4.77. The smallest absolute Gasteiger partial charge is 0.353 e. The predicted octanol–water partition coefficient (Wildman–Crippen LogP) is 3.68. The van der Waals surface area contributed by atoms with Gasteiger partial charge in [0.2, 0.25) is 0 Å². The molecule has 3 N–H and O–H groups in total. The maximum Gasteiger partial charge on any atom is 0.353 e. The number of pyridine rings is 2. The van der Waals surface area contributed by atoms with Gasteiger partial charge in [0.15, 0.2) is 0 Å². The number of aliphatic imine (C=N–C) groups is 1. The first-order valence-electron chi connectivity index (χ1n) is 10.0. The summed E-state index contributed by atoms with van der Waals surface area (Å²) in [4.78, 5) is 35.8. The second kappa shape index (κ2) is 7.66. The number of nitrogens with zero attached hydrogens (tertiary/aromatic N) is 3. The summed E-state index contributed by atoms with van der Waals surface area (Å²) in [5.41, 5.74) is 1.15. The third-order valence-corrected chi connectivity index (χ3v) is 5.63. The maximum absolute atomic E-state index is 14.9. The van der Waals surface area contributed by atoms with Crippen LogP contribution in [0.2, 0.25) is 0 Å². The lowest BCUT2D eigenvalue weighted by Gasteiger charge is -2.16. The van der Waals surface area contributed by atoms with E-state index in [4.69, 9.17) is 0 Å². The van der Waals surface area contributed by atoms with Gasteiger partial charge in [-0.1, -0.05) is 0 Å². The number of benzene rings is 1. The maximum atomic E-state index is 14.9. The van der Waals surface area contributed by atoms with Gasteiger partial charge in [-0.15, -0.1) is 0 Å². The summed E-state index contributed by atoms with van der Waals surface area (Å²) in [6.07, 6.45) is 2.90. The molecule has 1 aliphatic rings. The number of carboxylic acids is 1. The number of nitrogens with one attached hydrogen (secondary N) is 2. The molecule has 0 amide bonds. The first kappa shape index (κ1) is 20.6. The van der Waals surface area contributed by atoms with E-state index >= 15 is 0 Å². The van der Waals surface area contributed by atoms with Crippen molar-refractivity contribution in [2.75, 3.05) is 5.32 Å². The lowest BCUT2D eigenvalue weighted by Crippen LogP contribution is -2.15. The molecule has 166 valence electrons. The van der Waals surface area contributed by atoms with Gasteiger partial charge >= 0.3 is 5.97 Å². The third-order valence-electron chi connectivity index (χ3n) is 5.63. The van der Waals surface area contributed by atoms with Crippen molar-refractivity contribution >= 4 is 29.0 Å². The van der Waals surface area contributed by atoms with Crippen LogP contribution in [-0.2, 0) is 13.1 Å². The van der Waals surface area contributed by atoms with Crippen LogP contribution < -0.4 is 10.9 Å². The Morgan fingerprint density at radius 2 is 2.06 bits per heavy atom. The monoisotopic (exact) mass is 449 g/mol. The minimum Gasteiger partial charge on any atom is -0.477 e. The summed E-state index contributed by atoms with van der Waals surface area (Å²) < 4.78 is 30.7. The molecular formula is C23H17F2N5O3. The SMILES string of the molecule is Cc1nc2c(-c3ccc[nH]c3=O)c(C(=O)O)n(Cc3cc4c(cc3F)NC=NC4)c2cc1F. The normalized spacial score (nSPS) is 12.6. The molecule has 0 radical (unpaired) electrons. The highest BCUT2D eigenvalue weighted by Crippen LogP contribution is 2.35. The summed E-state index contributed by atoms with van der Waals surface area (Å²) in [6.45, 7) is 1.58. The fourth-order valence-corrected chi connectivity index (χ4v) is 4.07. The van der Waals surface area contributed by atoms with Crippen LogP contribution in [0.25, 0.3) is 22.2 Å². The van der Waals surface area contributed by atoms with Gasteiger partial charge in [-0.25, -0.2) is 18.6 Å². The number of carboxylic acid groups (broad SMARTS) is 1. The van der Waals surface area contributed by atoms with Crippen LogP contribution in [-0.4, -0.2) is 31.9 Å². The molecule has 0 bridgehead atoms. The van der Waals surface area contributed by atoms with Crippen LogP contribution in [0.1, 0.15) is 27.3 Å². The van der Waals surface area contributed by atoms with Crippen molar-refractivity contribution in [2.45, 2.75) is 20.0 Å². The molecule has 1 aromatic carbocycles. The summed E-state index contributed by atoms with van der Waals surface area (Å²) in [6, 6.07) is 7.09. The second-order valence-electron chi connectivity index (χ2n) is 7.67. The minimum atomic E-state index is -1.35. The zero-order chi connectivity index (χ0) is 23.3. The Hall–Kier alpha value is -4.34. The number of halogens is 2. The molecular weight excluding hydrogens is 432 g/mol. The van der Waals surface area contributed by atoms with E-state index in [0.717, 1.165) is 11.6 Å². The number of aromatic carboxylic acids is 1. The van der Waals surface area contributed by atoms with E-state index in [1.165, 1.54) is 36.2 Å². The number of anilines is 1. The van der Waals surface area contributed by atoms with Crippen LogP contribution in [0.15, 0.2) is 46.3 Å². The lowest BCUT2D eigenvalue weighted by atomic mass is 10.1. The number of rotatable bonds is 4. The van der Waals surface area contributed by atoms with Crippen molar-refractivity contribution in [3.8, 4) is 11.1 Å². The van der Waals surface area contributed by atoms with Crippen LogP contribution >= 0.6 is 0 Å². The quantitative estimate of drug-likeness (QED) is 0.440. The van der Waals surface area contributed by atoms with Gasteiger partial charge in [0.1, 0.15) is 17.3 Å². The number of fused-ring (bicyclic) bond motifs is 2. The van der Waals surface area contributed by atoms with E-state index in [-0.39, 0.29) is 45.7 Å². The Balaban J connectivity index is 1.81. The largest absolute Gasteiger partial charge is 0.477 e. The van der Waals surface area contributed by atoms with Crippen molar-refractivity contribution < 1.29 is 18.7 Å². The molecule has 0 unspecified atom stereocenters. The Morgan fingerprint density at radius 3 is 2.82 bits per heavy atom. The van der Waals surface area contributed by atoms with Crippen molar-refractivity contribution in [2.24, 2.45) is 4.99 Å². The summed E-state index contributed by atoms with van der Waals surface area (Å²) >= 11 is 0. The number of H-pyrrole nitrogens is 1. The molecule has 1 aliphatic heterocycles. The lowest BCUT2D eigenvalue weighted by molar-refractivity contribution is 0.0687. The van der Waals surface area contributed by atoms with E-state index < -0.39 is 23.2 Å². The fraction of sp³-hybridized carbons (Fsp3) is 0.130. The number of carbonyl (C=O) groups is 1. The standard InChI is InChI=1S/C23H17F2N5O3/c1-11-15(24)7-18-20(29-11)19(14-3-2-4-27-22(14)31)21(23(32)33)30(18)9-13-5-12-8-26-10-28-17(12)6-16(13)25/h2-7,10H,8-9H2,1H3,(H,26,28)(H,27,31)(H,32,33). The van der Waals surface area contributed by atoms with E-state index in [1.54, 1.807) is 12.1 Å². The second-order valence-corrected chi connectivity index (χ2v) is 7.67. The van der Waals surface area contributed by atoms with E-state index in [9.17, 15) is 23.5 Å². The molecule has 0 saturated heterocycles. The van der Waals surface area contributed by atoms with E-state index in [2.05, 4.69) is 20.3 Å². The van der Waals surface area contributed by atoms with Gasteiger partial charge in [0, 0.05) is 29.1 Å². The first-order chi connectivity index (χ1) is 15.8. The van der Waals surface area contributed by atoms with Crippen molar-refractivity contribution in [3.63, 3.8) is 0 Å².